The molecule has 11 heteroatoms. The molecule has 4 heterocycles. The lowest BCUT2D eigenvalue weighted by Crippen LogP contribution is -2.46. The predicted octanol–water partition coefficient (Wildman–Crippen LogP) is 4.15. The number of sulfone groups is 1. The van der Waals surface area contributed by atoms with Gasteiger partial charge in [0, 0.05) is 36.9 Å². The molecule has 8 nitrogen and oxygen atoms in total. The summed E-state index contributed by atoms with van der Waals surface area (Å²) in [7, 11) is -3.92. The van der Waals surface area contributed by atoms with Gasteiger partial charge in [0.2, 0.25) is 14.9 Å². The second kappa shape index (κ2) is 8.23. The molecule has 1 fully saturated rings. The van der Waals surface area contributed by atoms with Gasteiger partial charge in [0.15, 0.2) is 11.5 Å². The van der Waals surface area contributed by atoms with E-state index in [0.29, 0.717) is 5.02 Å². The number of para-hydroxylation sites is 1. The average Bonchev–Trinajstić information content (AvgIpc) is 3.52. The number of benzene rings is 2. The van der Waals surface area contributed by atoms with Gasteiger partial charge in [-0.3, -0.25) is 0 Å². The normalized spacial score (nSPS) is 14.9. The van der Waals surface area contributed by atoms with Gasteiger partial charge in [-0.1, -0.05) is 35.0 Å². The molecule has 34 heavy (non-hydrogen) atoms. The molecule has 0 bridgehead atoms. The molecular weight excluding hydrogens is 492 g/mol. The van der Waals surface area contributed by atoms with Crippen LogP contribution in [-0.4, -0.2) is 54.4 Å². The molecule has 172 valence electrons. The van der Waals surface area contributed by atoms with Crippen LogP contribution >= 0.6 is 22.9 Å². The van der Waals surface area contributed by atoms with Crippen LogP contribution in [0.1, 0.15) is 0 Å². The quantitative estimate of drug-likeness (QED) is 0.359. The molecular formula is C23H19ClN6O2S2. The Morgan fingerprint density at radius 2 is 1.59 bits per heavy atom. The first kappa shape index (κ1) is 21.3. The van der Waals surface area contributed by atoms with E-state index in [9.17, 15) is 8.42 Å². The molecule has 1 aliphatic rings. The van der Waals surface area contributed by atoms with Crippen LogP contribution < -0.4 is 9.80 Å². The third-order valence-corrected chi connectivity index (χ3v) is 8.80. The van der Waals surface area contributed by atoms with E-state index in [2.05, 4.69) is 32.2 Å². The van der Waals surface area contributed by atoms with Crippen LogP contribution in [0, 0.1) is 0 Å². The Balaban J connectivity index is 1.41. The molecule has 0 radical (unpaired) electrons. The summed E-state index contributed by atoms with van der Waals surface area (Å²) in [5, 5.41) is 10.4. The van der Waals surface area contributed by atoms with Gasteiger partial charge in [-0.25, -0.2) is 13.4 Å². The van der Waals surface area contributed by atoms with E-state index in [1.807, 2.05) is 29.6 Å². The van der Waals surface area contributed by atoms with Crippen LogP contribution in [0.15, 0.2) is 76.0 Å². The Hall–Kier alpha value is -3.21. The van der Waals surface area contributed by atoms with Crippen molar-refractivity contribution >= 4 is 60.1 Å². The SMILES string of the molecule is O=S(=O)(c1ccc(Cl)cc1)c1nnn2c1nc(N1CCN(c3ccccc3)CC1)c1sccc12. The van der Waals surface area contributed by atoms with Crippen molar-refractivity contribution in [3.8, 4) is 0 Å². The summed E-state index contributed by atoms with van der Waals surface area (Å²) in [6.07, 6.45) is 0. The highest BCUT2D eigenvalue weighted by Crippen LogP contribution is 2.34. The van der Waals surface area contributed by atoms with Crippen molar-refractivity contribution in [1.29, 1.82) is 0 Å². The molecule has 1 aliphatic heterocycles. The van der Waals surface area contributed by atoms with Crippen LogP contribution in [0.25, 0.3) is 15.9 Å². The Morgan fingerprint density at radius 3 is 2.32 bits per heavy atom. The van der Waals surface area contributed by atoms with Crippen LogP contribution in [0.4, 0.5) is 11.5 Å². The van der Waals surface area contributed by atoms with Gasteiger partial charge in [-0.15, -0.1) is 16.4 Å². The molecule has 0 spiro atoms. The lowest BCUT2D eigenvalue weighted by molar-refractivity contribution is 0.592. The Bertz CT molecular complexity index is 1590. The fourth-order valence-corrected chi connectivity index (χ4v) is 6.49. The first-order valence-electron chi connectivity index (χ1n) is 10.7. The van der Waals surface area contributed by atoms with Crippen molar-refractivity contribution < 1.29 is 8.42 Å². The Morgan fingerprint density at radius 1 is 0.882 bits per heavy atom. The molecule has 0 N–H and O–H groups in total. The highest BCUT2D eigenvalue weighted by Gasteiger charge is 2.29. The first-order valence-corrected chi connectivity index (χ1v) is 13.4. The molecule has 0 saturated carbocycles. The van der Waals surface area contributed by atoms with Gasteiger partial charge >= 0.3 is 0 Å². The van der Waals surface area contributed by atoms with Gasteiger partial charge in [0.1, 0.15) is 0 Å². The molecule has 2 aromatic carbocycles. The van der Waals surface area contributed by atoms with E-state index in [1.165, 1.54) is 22.3 Å². The lowest BCUT2D eigenvalue weighted by atomic mass is 10.2. The molecule has 0 amide bonds. The number of hydrogen-bond acceptors (Lipinski definition) is 8. The van der Waals surface area contributed by atoms with E-state index in [-0.39, 0.29) is 15.6 Å². The second-order valence-electron chi connectivity index (χ2n) is 7.97. The van der Waals surface area contributed by atoms with Crippen LogP contribution in [-0.2, 0) is 9.84 Å². The number of aromatic nitrogens is 4. The minimum absolute atomic E-state index is 0.101. The highest BCUT2D eigenvalue weighted by molar-refractivity contribution is 7.91. The number of anilines is 2. The smallest absolute Gasteiger partial charge is 0.229 e. The van der Waals surface area contributed by atoms with Crippen molar-refractivity contribution in [2.75, 3.05) is 36.0 Å². The molecule has 6 rings (SSSR count). The van der Waals surface area contributed by atoms with Crippen LogP contribution in [0.2, 0.25) is 5.02 Å². The van der Waals surface area contributed by atoms with E-state index in [1.54, 1.807) is 23.5 Å². The maximum Gasteiger partial charge on any atom is 0.229 e. The number of rotatable bonds is 4. The van der Waals surface area contributed by atoms with Gasteiger partial charge in [-0.2, -0.15) is 4.52 Å². The second-order valence-corrected chi connectivity index (χ2v) is 11.2. The molecule has 0 unspecified atom stereocenters. The fourth-order valence-electron chi connectivity index (χ4n) is 4.24. The monoisotopic (exact) mass is 510 g/mol. The zero-order valence-electron chi connectivity index (χ0n) is 17.9. The minimum atomic E-state index is -3.92. The number of thiophene rings is 1. The topological polar surface area (TPSA) is 83.7 Å². The van der Waals surface area contributed by atoms with E-state index in [4.69, 9.17) is 16.6 Å². The molecule has 5 aromatic rings. The summed E-state index contributed by atoms with van der Waals surface area (Å²) in [6, 6.07) is 18.3. The summed E-state index contributed by atoms with van der Waals surface area (Å²) in [5.41, 5.74) is 2.21. The third-order valence-electron chi connectivity index (χ3n) is 5.98. The van der Waals surface area contributed by atoms with Gasteiger partial charge < -0.3 is 9.80 Å². The van der Waals surface area contributed by atoms with Gasteiger partial charge in [0.05, 0.1) is 15.1 Å². The summed E-state index contributed by atoms with van der Waals surface area (Å²) in [6.45, 7) is 3.23. The molecule has 1 saturated heterocycles. The molecule has 3 aromatic heterocycles. The molecule has 0 atom stereocenters. The van der Waals surface area contributed by atoms with E-state index >= 15 is 0 Å². The molecule has 0 aliphatic carbocycles. The summed E-state index contributed by atoms with van der Waals surface area (Å²) >= 11 is 7.51. The van der Waals surface area contributed by atoms with Crippen molar-refractivity contribution in [2.24, 2.45) is 0 Å². The average molecular weight is 511 g/mol. The number of hydrogen-bond donors (Lipinski definition) is 0. The number of piperazine rings is 1. The van der Waals surface area contributed by atoms with Gasteiger partial charge in [0.25, 0.3) is 0 Å². The van der Waals surface area contributed by atoms with E-state index < -0.39 is 9.84 Å². The van der Waals surface area contributed by atoms with Gasteiger partial charge in [-0.05, 0) is 47.8 Å². The maximum absolute atomic E-state index is 13.4. The first-order chi connectivity index (χ1) is 16.5. The van der Waals surface area contributed by atoms with Crippen molar-refractivity contribution in [3.05, 3.63) is 71.1 Å². The predicted molar refractivity (Wildman–Crippen MR) is 134 cm³/mol. The summed E-state index contributed by atoms with van der Waals surface area (Å²) < 4.78 is 29.2. The van der Waals surface area contributed by atoms with E-state index in [0.717, 1.165) is 42.2 Å². The third kappa shape index (κ3) is 3.49. The zero-order chi connectivity index (χ0) is 23.3. The van der Waals surface area contributed by atoms with Crippen LogP contribution in [0.5, 0.6) is 0 Å². The van der Waals surface area contributed by atoms with Crippen molar-refractivity contribution in [1.82, 2.24) is 19.8 Å². The van der Waals surface area contributed by atoms with Crippen molar-refractivity contribution in [2.45, 2.75) is 9.92 Å². The van der Waals surface area contributed by atoms with Crippen molar-refractivity contribution in [3.63, 3.8) is 0 Å². The zero-order valence-corrected chi connectivity index (χ0v) is 20.3. The summed E-state index contributed by atoms with van der Waals surface area (Å²) in [4.78, 5) is 9.48. The lowest BCUT2D eigenvalue weighted by Gasteiger charge is -2.36. The maximum atomic E-state index is 13.4. The number of nitrogens with zero attached hydrogens (tertiary/aromatic N) is 6. The fraction of sp³-hybridized carbons (Fsp3) is 0.174. The standard InChI is InChI=1S/C23H19ClN6O2S2/c24-16-6-8-18(9-7-16)34(31,32)23-22-25-21(20-19(10-15-33-20)30(22)27-26-23)29-13-11-28(12-14-29)17-4-2-1-3-5-17/h1-10,15H,11-14H2. The largest absolute Gasteiger partial charge is 0.368 e. The number of halogens is 1. The minimum Gasteiger partial charge on any atom is -0.368 e. The van der Waals surface area contributed by atoms with Crippen LogP contribution in [0.3, 0.4) is 0 Å². The number of fused-ring (bicyclic) bond motifs is 3. The Kier molecular flexibility index (Phi) is 5.16. The Labute approximate surface area is 204 Å². The summed E-state index contributed by atoms with van der Waals surface area (Å²) in [5.74, 6) is 0.764. The highest BCUT2D eigenvalue weighted by atomic mass is 35.5.